The summed E-state index contributed by atoms with van der Waals surface area (Å²) in [5, 5.41) is 5.02. The molecule has 0 aliphatic rings. The molecular formula is C22H16Br2Cl2N2O3. The number of hydrogen-bond acceptors (Lipinski definition) is 4. The summed E-state index contributed by atoms with van der Waals surface area (Å²) in [5.41, 5.74) is 4.36. The van der Waals surface area contributed by atoms with E-state index in [1.807, 2.05) is 18.2 Å². The second-order valence-corrected chi connectivity index (χ2v) is 8.82. The SMILES string of the molecule is COc1ccc(Br)cc1C(=O)N/N=C\c1cc(Cl)c(OCc2ccccc2Cl)c(Br)c1. The van der Waals surface area contributed by atoms with Crippen molar-refractivity contribution in [3.63, 3.8) is 0 Å². The molecule has 9 heteroatoms. The van der Waals surface area contributed by atoms with Crippen LogP contribution in [0.15, 0.2) is 68.6 Å². The van der Waals surface area contributed by atoms with Crippen LogP contribution in [-0.2, 0) is 6.61 Å². The van der Waals surface area contributed by atoms with Gasteiger partial charge in [-0.3, -0.25) is 4.79 Å². The zero-order valence-corrected chi connectivity index (χ0v) is 20.8. The van der Waals surface area contributed by atoms with Crippen LogP contribution in [0.2, 0.25) is 10.0 Å². The minimum Gasteiger partial charge on any atom is -0.496 e. The van der Waals surface area contributed by atoms with E-state index in [4.69, 9.17) is 32.7 Å². The summed E-state index contributed by atoms with van der Waals surface area (Å²) in [7, 11) is 1.50. The molecule has 3 aromatic rings. The molecule has 5 nitrogen and oxygen atoms in total. The highest BCUT2D eigenvalue weighted by Gasteiger charge is 2.13. The highest BCUT2D eigenvalue weighted by Crippen LogP contribution is 2.35. The van der Waals surface area contributed by atoms with Crippen molar-refractivity contribution in [2.45, 2.75) is 6.61 Å². The maximum absolute atomic E-state index is 12.4. The third-order valence-electron chi connectivity index (χ3n) is 4.14. The first kappa shape index (κ1) is 23.6. The number of benzene rings is 3. The predicted octanol–water partition coefficient (Wildman–Crippen LogP) is 6.87. The Labute approximate surface area is 206 Å². The minimum absolute atomic E-state index is 0.274. The van der Waals surface area contributed by atoms with Crippen molar-refractivity contribution in [2.24, 2.45) is 5.10 Å². The Morgan fingerprint density at radius 3 is 2.58 bits per heavy atom. The average molecular weight is 587 g/mol. The molecule has 3 rings (SSSR count). The normalized spacial score (nSPS) is 10.9. The number of hydrazone groups is 1. The highest BCUT2D eigenvalue weighted by atomic mass is 79.9. The second-order valence-electron chi connectivity index (χ2n) is 6.24. The van der Waals surface area contributed by atoms with Gasteiger partial charge in [-0.25, -0.2) is 5.43 Å². The molecule has 0 radical (unpaired) electrons. The van der Waals surface area contributed by atoms with Crippen LogP contribution in [-0.4, -0.2) is 19.2 Å². The van der Waals surface area contributed by atoms with Gasteiger partial charge in [-0.1, -0.05) is 57.3 Å². The lowest BCUT2D eigenvalue weighted by molar-refractivity contribution is 0.0952. The number of carbonyl (C=O) groups excluding carboxylic acids is 1. The van der Waals surface area contributed by atoms with E-state index in [-0.39, 0.29) is 6.61 Å². The van der Waals surface area contributed by atoms with Crippen molar-refractivity contribution in [1.82, 2.24) is 5.43 Å². The summed E-state index contributed by atoms with van der Waals surface area (Å²) >= 11 is 19.3. The molecule has 3 aromatic carbocycles. The van der Waals surface area contributed by atoms with E-state index in [1.165, 1.54) is 13.3 Å². The van der Waals surface area contributed by atoms with Crippen molar-refractivity contribution in [3.8, 4) is 11.5 Å². The molecule has 0 aliphatic carbocycles. The Bertz CT molecular complexity index is 1120. The first-order valence-electron chi connectivity index (χ1n) is 8.91. The first-order chi connectivity index (χ1) is 14.9. The predicted molar refractivity (Wildman–Crippen MR) is 131 cm³/mol. The Balaban J connectivity index is 1.69. The maximum Gasteiger partial charge on any atom is 0.275 e. The van der Waals surface area contributed by atoms with Gasteiger partial charge >= 0.3 is 0 Å². The van der Waals surface area contributed by atoms with Crippen molar-refractivity contribution in [1.29, 1.82) is 0 Å². The Hall–Kier alpha value is -2.06. The van der Waals surface area contributed by atoms with Gasteiger partial charge < -0.3 is 9.47 Å². The standard InChI is InChI=1S/C22H16Br2Cl2N2O3/c1-30-20-7-6-15(23)10-16(20)22(29)28-27-11-13-8-17(24)21(19(26)9-13)31-12-14-4-2-3-5-18(14)25/h2-11H,12H2,1H3,(H,28,29)/b27-11-. The lowest BCUT2D eigenvalue weighted by atomic mass is 10.2. The van der Waals surface area contributed by atoms with Gasteiger partial charge in [0.1, 0.15) is 12.4 Å². The van der Waals surface area contributed by atoms with E-state index in [2.05, 4.69) is 42.4 Å². The van der Waals surface area contributed by atoms with Gasteiger partial charge in [0.25, 0.3) is 5.91 Å². The number of halogens is 4. The van der Waals surface area contributed by atoms with Gasteiger partial charge in [0.15, 0.2) is 5.75 Å². The maximum atomic E-state index is 12.4. The number of hydrogen-bond donors (Lipinski definition) is 1. The van der Waals surface area contributed by atoms with Gasteiger partial charge in [-0.2, -0.15) is 5.10 Å². The van der Waals surface area contributed by atoms with E-state index < -0.39 is 5.91 Å². The number of methoxy groups -OCH3 is 1. The molecule has 0 aromatic heterocycles. The van der Waals surface area contributed by atoms with Crippen molar-refractivity contribution in [2.75, 3.05) is 7.11 Å². The zero-order chi connectivity index (χ0) is 22.4. The summed E-state index contributed by atoms with van der Waals surface area (Å²) in [5.74, 6) is 0.530. The zero-order valence-electron chi connectivity index (χ0n) is 16.2. The molecule has 1 N–H and O–H groups in total. The molecule has 0 atom stereocenters. The highest BCUT2D eigenvalue weighted by molar-refractivity contribution is 9.10. The van der Waals surface area contributed by atoms with E-state index in [0.29, 0.717) is 37.1 Å². The van der Waals surface area contributed by atoms with Crippen LogP contribution in [0.5, 0.6) is 11.5 Å². The number of carbonyl (C=O) groups is 1. The Kier molecular flexibility index (Phi) is 8.37. The quantitative estimate of drug-likeness (QED) is 0.243. The van der Waals surface area contributed by atoms with Crippen LogP contribution in [0.25, 0.3) is 0 Å². The molecule has 0 saturated carbocycles. The molecule has 0 unspecified atom stereocenters. The van der Waals surface area contributed by atoms with E-state index >= 15 is 0 Å². The average Bonchev–Trinajstić information content (AvgIpc) is 2.74. The summed E-state index contributed by atoms with van der Waals surface area (Å²) in [6.07, 6.45) is 1.48. The largest absolute Gasteiger partial charge is 0.496 e. The third-order valence-corrected chi connectivity index (χ3v) is 5.87. The molecule has 0 fully saturated rings. The van der Waals surface area contributed by atoms with Gasteiger partial charge in [-0.05, 0) is 57.9 Å². The van der Waals surface area contributed by atoms with Gasteiger partial charge in [0, 0.05) is 15.1 Å². The molecule has 0 saturated heterocycles. The number of ether oxygens (including phenoxy) is 2. The molecule has 0 bridgehead atoms. The Morgan fingerprint density at radius 2 is 1.87 bits per heavy atom. The van der Waals surface area contributed by atoms with Crippen LogP contribution < -0.4 is 14.9 Å². The molecule has 0 spiro atoms. The molecule has 0 heterocycles. The summed E-state index contributed by atoms with van der Waals surface area (Å²) in [6.45, 7) is 0.274. The van der Waals surface area contributed by atoms with Gasteiger partial charge in [0.2, 0.25) is 0 Å². The third kappa shape index (κ3) is 6.23. The Morgan fingerprint density at radius 1 is 1.10 bits per heavy atom. The summed E-state index contributed by atoms with van der Waals surface area (Å²) in [6, 6.07) is 16.0. The molecular weight excluding hydrogens is 571 g/mol. The lowest BCUT2D eigenvalue weighted by Gasteiger charge is -2.12. The number of rotatable bonds is 7. The van der Waals surface area contributed by atoms with Crippen molar-refractivity contribution < 1.29 is 14.3 Å². The fourth-order valence-corrected chi connectivity index (χ4v) is 4.18. The van der Waals surface area contributed by atoms with E-state index in [1.54, 1.807) is 36.4 Å². The van der Waals surface area contributed by atoms with Crippen LogP contribution >= 0.6 is 55.1 Å². The van der Waals surface area contributed by atoms with Gasteiger partial charge in [-0.15, -0.1) is 0 Å². The fourth-order valence-electron chi connectivity index (χ4n) is 2.64. The summed E-state index contributed by atoms with van der Waals surface area (Å²) < 4.78 is 12.4. The van der Waals surface area contributed by atoms with Crippen molar-refractivity contribution in [3.05, 3.63) is 90.3 Å². The fraction of sp³-hybridized carbons (Fsp3) is 0.0909. The van der Waals surface area contributed by atoms with Crippen LogP contribution in [0.4, 0.5) is 0 Å². The minimum atomic E-state index is -0.403. The second kappa shape index (κ2) is 11.0. The smallest absolute Gasteiger partial charge is 0.275 e. The lowest BCUT2D eigenvalue weighted by Crippen LogP contribution is -2.18. The number of nitrogens with zero attached hydrogens (tertiary/aromatic N) is 1. The molecule has 0 aliphatic heterocycles. The van der Waals surface area contributed by atoms with Crippen LogP contribution in [0.1, 0.15) is 21.5 Å². The van der Waals surface area contributed by atoms with Crippen molar-refractivity contribution >= 4 is 67.2 Å². The van der Waals surface area contributed by atoms with E-state index in [9.17, 15) is 4.79 Å². The number of amides is 1. The topological polar surface area (TPSA) is 59.9 Å². The van der Waals surface area contributed by atoms with Gasteiger partial charge in [0.05, 0.1) is 28.4 Å². The number of nitrogens with one attached hydrogen (secondary N) is 1. The van der Waals surface area contributed by atoms with Crippen LogP contribution in [0.3, 0.4) is 0 Å². The molecule has 31 heavy (non-hydrogen) atoms. The first-order valence-corrected chi connectivity index (χ1v) is 11.3. The van der Waals surface area contributed by atoms with E-state index in [0.717, 1.165) is 10.0 Å². The molecule has 1 amide bonds. The summed E-state index contributed by atoms with van der Waals surface area (Å²) in [4.78, 5) is 12.4. The molecule has 160 valence electrons. The monoisotopic (exact) mass is 584 g/mol. The van der Waals surface area contributed by atoms with Crippen LogP contribution in [0, 0.1) is 0 Å².